The summed E-state index contributed by atoms with van der Waals surface area (Å²) in [7, 11) is 0. The number of urea groups is 1. The van der Waals surface area contributed by atoms with Crippen molar-refractivity contribution in [3.8, 4) is 0 Å². The van der Waals surface area contributed by atoms with Crippen molar-refractivity contribution in [2.75, 3.05) is 18.4 Å². The van der Waals surface area contributed by atoms with Gasteiger partial charge in [-0.15, -0.1) is 11.3 Å². The van der Waals surface area contributed by atoms with Crippen LogP contribution in [0.25, 0.3) is 0 Å². The lowest BCUT2D eigenvalue weighted by molar-refractivity contribution is 0.176. The highest BCUT2D eigenvalue weighted by atomic mass is 32.1. The molecule has 2 N–H and O–H groups in total. The Morgan fingerprint density at radius 3 is 3.00 bits per heavy atom. The number of benzene rings is 1. The maximum absolute atomic E-state index is 13.6. The van der Waals surface area contributed by atoms with Gasteiger partial charge in [-0.05, 0) is 18.1 Å². The highest BCUT2D eigenvalue weighted by molar-refractivity contribution is 7.15. The summed E-state index contributed by atoms with van der Waals surface area (Å²) >= 11 is 1.24. The third-order valence-corrected chi connectivity index (χ3v) is 4.51. The minimum Gasteiger partial charge on any atom is -0.391 e. The number of aromatic nitrogens is 1. The fourth-order valence-corrected chi connectivity index (χ4v) is 3.22. The van der Waals surface area contributed by atoms with Gasteiger partial charge in [0.1, 0.15) is 11.6 Å². The SMILES string of the molecule is O=C(Nc1ncc(Cc2ccc(F)cc2F)s1)N1CC[C@H](O)C1. The molecule has 1 fully saturated rings. The van der Waals surface area contributed by atoms with Gasteiger partial charge in [-0.1, -0.05) is 6.07 Å². The Morgan fingerprint density at radius 2 is 2.30 bits per heavy atom. The van der Waals surface area contributed by atoms with Crippen molar-refractivity contribution in [3.63, 3.8) is 0 Å². The van der Waals surface area contributed by atoms with Crippen molar-refractivity contribution in [2.24, 2.45) is 0 Å². The summed E-state index contributed by atoms with van der Waals surface area (Å²) in [5.41, 5.74) is 0.371. The van der Waals surface area contributed by atoms with Gasteiger partial charge >= 0.3 is 6.03 Å². The van der Waals surface area contributed by atoms with Crippen molar-refractivity contribution in [1.29, 1.82) is 0 Å². The first-order valence-electron chi connectivity index (χ1n) is 7.14. The van der Waals surface area contributed by atoms with Crippen LogP contribution < -0.4 is 5.32 Å². The minimum absolute atomic E-state index is 0.280. The monoisotopic (exact) mass is 339 g/mol. The topological polar surface area (TPSA) is 65.5 Å². The zero-order chi connectivity index (χ0) is 16.4. The molecule has 0 unspecified atom stereocenters. The number of carbonyl (C=O) groups is 1. The van der Waals surface area contributed by atoms with Crippen molar-refractivity contribution in [3.05, 3.63) is 46.5 Å². The molecule has 1 saturated heterocycles. The van der Waals surface area contributed by atoms with E-state index >= 15 is 0 Å². The molecule has 0 bridgehead atoms. The molecular weight excluding hydrogens is 324 g/mol. The smallest absolute Gasteiger partial charge is 0.323 e. The number of nitrogens with zero attached hydrogens (tertiary/aromatic N) is 2. The average molecular weight is 339 g/mol. The van der Waals surface area contributed by atoms with E-state index in [0.717, 1.165) is 10.9 Å². The van der Waals surface area contributed by atoms with E-state index in [0.29, 0.717) is 30.2 Å². The standard InChI is InChI=1S/C15H15F2N3O2S/c16-10-2-1-9(13(17)6-10)5-12-7-18-14(23-12)19-15(22)20-4-3-11(21)8-20/h1-2,6-7,11,21H,3-5,8H2,(H,18,19,22)/t11-/m0/s1. The number of carbonyl (C=O) groups excluding carboxylic acids is 1. The van der Waals surface area contributed by atoms with Crippen LogP contribution >= 0.6 is 11.3 Å². The number of aliphatic hydroxyl groups is 1. The highest BCUT2D eigenvalue weighted by Crippen LogP contribution is 2.23. The molecule has 2 amide bonds. The largest absolute Gasteiger partial charge is 0.391 e. The Hall–Kier alpha value is -2.06. The third kappa shape index (κ3) is 3.83. The fraction of sp³-hybridized carbons (Fsp3) is 0.333. The van der Waals surface area contributed by atoms with Gasteiger partial charge in [-0.2, -0.15) is 0 Å². The lowest BCUT2D eigenvalue weighted by Gasteiger charge is -2.14. The second kappa shape index (κ2) is 6.59. The number of β-amino-alcohol motifs (C(OH)–C–C–N with tert-alkyl or cyclic N) is 1. The number of halogens is 2. The summed E-state index contributed by atoms with van der Waals surface area (Å²) in [5.74, 6) is -1.22. The van der Waals surface area contributed by atoms with Crippen LogP contribution in [-0.2, 0) is 6.42 Å². The van der Waals surface area contributed by atoms with E-state index in [9.17, 15) is 18.7 Å². The van der Waals surface area contributed by atoms with E-state index in [1.807, 2.05) is 0 Å². The van der Waals surface area contributed by atoms with E-state index in [1.54, 1.807) is 6.20 Å². The molecular formula is C15H15F2N3O2S. The van der Waals surface area contributed by atoms with Crippen molar-refractivity contribution >= 4 is 22.5 Å². The molecule has 1 aromatic carbocycles. The van der Waals surface area contributed by atoms with Crippen molar-refractivity contribution in [2.45, 2.75) is 18.9 Å². The third-order valence-electron chi connectivity index (χ3n) is 3.60. The predicted molar refractivity (Wildman–Crippen MR) is 82.5 cm³/mol. The molecule has 3 rings (SSSR count). The van der Waals surface area contributed by atoms with Gasteiger partial charge in [-0.3, -0.25) is 5.32 Å². The normalized spacial score (nSPS) is 17.5. The van der Waals surface area contributed by atoms with Gasteiger partial charge in [0.2, 0.25) is 0 Å². The summed E-state index contributed by atoms with van der Waals surface area (Å²) in [6.45, 7) is 0.816. The van der Waals surface area contributed by atoms with E-state index in [1.165, 1.54) is 28.4 Å². The number of anilines is 1. The summed E-state index contributed by atoms with van der Waals surface area (Å²) < 4.78 is 26.5. The summed E-state index contributed by atoms with van der Waals surface area (Å²) in [5, 5.41) is 12.5. The van der Waals surface area contributed by atoms with Crippen LogP contribution in [0.1, 0.15) is 16.9 Å². The van der Waals surface area contributed by atoms with E-state index < -0.39 is 17.7 Å². The zero-order valence-corrected chi connectivity index (χ0v) is 12.9. The van der Waals surface area contributed by atoms with Crippen LogP contribution in [0.2, 0.25) is 0 Å². The number of rotatable bonds is 3. The van der Waals surface area contributed by atoms with Crippen LogP contribution in [0.3, 0.4) is 0 Å². The maximum Gasteiger partial charge on any atom is 0.323 e. The molecule has 1 aliphatic rings. The zero-order valence-electron chi connectivity index (χ0n) is 12.1. The molecule has 1 atom stereocenters. The Labute approximate surface area is 135 Å². The Kier molecular flexibility index (Phi) is 4.53. The van der Waals surface area contributed by atoms with Crippen molar-refractivity contribution in [1.82, 2.24) is 9.88 Å². The molecule has 1 aromatic heterocycles. The second-order valence-electron chi connectivity index (χ2n) is 5.36. The summed E-state index contributed by atoms with van der Waals surface area (Å²) in [6.07, 6.45) is 1.93. The van der Waals surface area contributed by atoms with Gasteiger partial charge in [-0.25, -0.2) is 18.6 Å². The van der Waals surface area contributed by atoms with E-state index in [4.69, 9.17) is 0 Å². The first-order chi connectivity index (χ1) is 11.0. The van der Waals surface area contributed by atoms with Gasteiger partial charge in [0.15, 0.2) is 5.13 Å². The number of hydrogen-bond acceptors (Lipinski definition) is 4. The molecule has 0 saturated carbocycles. The number of hydrogen-bond donors (Lipinski definition) is 2. The molecule has 122 valence electrons. The van der Waals surface area contributed by atoms with Gasteiger partial charge < -0.3 is 10.0 Å². The Bertz CT molecular complexity index is 722. The summed E-state index contributed by atoms with van der Waals surface area (Å²) in [4.78, 5) is 18.4. The highest BCUT2D eigenvalue weighted by Gasteiger charge is 2.25. The van der Waals surface area contributed by atoms with Crippen LogP contribution in [0, 0.1) is 11.6 Å². The van der Waals surface area contributed by atoms with E-state index in [2.05, 4.69) is 10.3 Å². The first kappa shape index (κ1) is 15.8. The van der Waals surface area contributed by atoms with Crippen LogP contribution in [0.4, 0.5) is 18.7 Å². The van der Waals surface area contributed by atoms with Crippen LogP contribution in [-0.4, -0.2) is 40.2 Å². The lowest BCUT2D eigenvalue weighted by Crippen LogP contribution is -2.33. The first-order valence-corrected chi connectivity index (χ1v) is 7.95. The molecule has 0 radical (unpaired) electrons. The molecule has 0 spiro atoms. The molecule has 8 heteroatoms. The molecule has 2 aromatic rings. The lowest BCUT2D eigenvalue weighted by atomic mass is 10.1. The summed E-state index contributed by atoms with van der Waals surface area (Å²) in [6, 6.07) is 3.14. The Balaban J connectivity index is 1.62. The van der Waals surface area contributed by atoms with Gasteiger partial charge in [0.25, 0.3) is 0 Å². The van der Waals surface area contributed by atoms with Crippen LogP contribution in [0.15, 0.2) is 24.4 Å². The number of thiazole rings is 1. The molecule has 2 heterocycles. The quantitative estimate of drug-likeness (QED) is 0.903. The van der Waals surface area contributed by atoms with E-state index in [-0.39, 0.29) is 12.5 Å². The number of amides is 2. The molecule has 23 heavy (non-hydrogen) atoms. The second-order valence-corrected chi connectivity index (χ2v) is 6.48. The molecule has 0 aliphatic carbocycles. The minimum atomic E-state index is -0.615. The van der Waals surface area contributed by atoms with Crippen LogP contribution in [0.5, 0.6) is 0 Å². The number of likely N-dealkylation sites (tertiary alicyclic amines) is 1. The fourth-order valence-electron chi connectivity index (χ4n) is 2.40. The van der Waals surface area contributed by atoms with Gasteiger partial charge in [0, 0.05) is 36.7 Å². The molecule has 1 aliphatic heterocycles. The van der Waals surface area contributed by atoms with Crippen molar-refractivity contribution < 1.29 is 18.7 Å². The average Bonchev–Trinajstić information content (AvgIpc) is 3.11. The number of aliphatic hydroxyl groups excluding tert-OH is 1. The molecule has 5 nitrogen and oxygen atoms in total. The van der Waals surface area contributed by atoms with Gasteiger partial charge in [0.05, 0.1) is 6.10 Å². The number of nitrogens with one attached hydrogen (secondary N) is 1. The predicted octanol–water partition coefficient (Wildman–Crippen LogP) is 2.61. The Morgan fingerprint density at radius 1 is 1.48 bits per heavy atom. The maximum atomic E-state index is 13.6.